The van der Waals surface area contributed by atoms with Crippen LogP contribution >= 0.6 is 11.6 Å². The van der Waals surface area contributed by atoms with E-state index in [0.29, 0.717) is 41.1 Å². The molecule has 1 atom stereocenters. The maximum absolute atomic E-state index is 12.9. The number of nitrogens with two attached hydrogens (primary N) is 1. The molecule has 2 N–H and O–H groups in total. The predicted molar refractivity (Wildman–Crippen MR) is 137 cm³/mol. The summed E-state index contributed by atoms with van der Waals surface area (Å²) in [6, 6.07) is 9.60. The van der Waals surface area contributed by atoms with Gasteiger partial charge in [-0.1, -0.05) is 18.2 Å². The first-order chi connectivity index (χ1) is 18.2. The molecular weight excluding hydrogens is 521 g/mol. The van der Waals surface area contributed by atoms with Gasteiger partial charge in [-0.2, -0.15) is 18.3 Å². The van der Waals surface area contributed by atoms with Crippen LogP contribution in [0.5, 0.6) is 11.5 Å². The van der Waals surface area contributed by atoms with Crippen LogP contribution in [0.25, 0.3) is 22.3 Å². The zero-order valence-electron chi connectivity index (χ0n) is 20.0. The molecule has 8 nitrogen and oxygen atoms in total. The second kappa shape index (κ2) is 9.97. The number of rotatable bonds is 5. The summed E-state index contributed by atoms with van der Waals surface area (Å²) >= 11 is 6.02. The SMILES string of the molecule is C=CC(=O)N1CCC[C@@H](n2nc(-c3ccc(Oc4ccc(C(F)(F)F)cc4Cl)cc3)c3c(N)ncnc32)C1. The Morgan fingerprint density at radius 1 is 1.18 bits per heavy atom. The van der Waals surface area contributed by atoms with E-state index in [1.165, 1.54) is 18.5 Å². The second-order valence-electron chi connectivity index (χ2n) is 8.80. The number of hydrogen-bond donors (Lipinski definition) is 1. The third-order valence-corrected chi connectivity index (χ3v) is 6.66. The summed E-state index contributed by atoms with van der Waals surface area (Å²) in [4.78, 5) is 22.5. The first-order valence-corrected chi connectivity index (χ1v) is 12.1. The summed E-state index contributed by atoms with van der Waals surface area (Å²) in [6.45, 7) is 4.69. The van der Waals surface area contributed by atoms with Crippen molar-refractivity contribution >= 4 is 34.4 Å². The fraction of sp³-hybridized carbons (Fsp3) is 0.231. The molecule has 0 radical (unpaired) electrons. The average molecular weight is 543 g/mol. The van der Waals surface area contributed by atoms with E-state index in [2.05, 4.69) is 16.5 Å². The zero-order valence-corrected chi connectivity index (χ0v) is 20.7. The normalized spacial score (nSPS) is 16.0. The minimum Gasteiger partial charge on any atom is -0.456 e. The summed E-state index contributed by atoms with van der Waals surface area (Å²) < 4.78 is 46.2. The first kappa shape index (κ1) is 25.5. The molecule has 0 bridgehead atoms. The van der Waals surface area contributed by atoms with E-state index >= 15 is 0 Å². The molecule has 2 aromatic heterocycles. The molecule has 1 saturated heterocycles. The largest absolute Gasteiger partial charge is 0.456 e. The Bertz CT molecular complexity index is 1520. The third-order valence-electron chi connectivity index (χ3n) is 6.36. The van der Waals surface area contributed by atoms with E-state index in [4.69, 9.17) is 27.2 Å². The highest BCUT2D eigenvalue weighted by molar-refractivity contribution is 6.32. The Kier molecular flexibility index (Phi) is 6.70. The number of amides is 1. The van der Waals surface area contributed by atoms with Gasteiger partial charge < -0.3 is 15.4 Å². The maximum Gasteiger partial charge on any atom is 0.416 e. The van der Waals surface area contributed by atoms with Gasteiger partial charge in [0.2, 0.25) is 5.91 Å². The van der Waals surface area contributed by atoms with Crippen molar-refractivity contribution < 1.29 is 22.7 Å². The van der Waals surface area contributed by atoms with Crippen LogP contribution in [0.3, 0.4) is 0 Å². The molecule has 0 spiro atoms. The fourth-order valence-electron chi connectivity index (χ4n) is 4.50. The molecule has 1 amide bonds. The number of likely N-dealkylation sites (tertiary alicyclic amines) is 1. The maximum atomic E-state index is 12.9. The van der Waals surface area contributed by atoms with Gasteiger partial charge in [0.15, 0.2) is 5.65 Å². The topological polar surface area (TPSA) is 99.2 Å². The summed E-state index contributed by atoms with van der Waals surface area (Å²) in [7, 11) is 0. The van der Waals surface area contributed by atoms with Crippen molar-refractivity contribution in [3.05, 3.63) is 72.0 Å². The van der Waals surface area contributed by atoms with E-state index in [0.717, 1.165) is 25.0 Å². The predicted octanol–water partition coefficient (Wildman–Crippen LogP) is 5.89. The van der Waals surface area contributed by atoms with Crippen LogP contribution in [0, 0.1) is 0 Å². The minimum absolute atomic E-state index is 0.0933. The number of nitrogen functional groups attached to an aromatic ring is 1. The lowest BCUT2D eigenvalue weighted by Crippen LogP contribution is -2.40. The Balaban J connectivity index is 1.45. The van der Waals surface area contributed by atoms with E-state index in [-0.39, 0.29) is 28.5 Å². The van der Waals surface area contributed by atoms with Crippen LogP contribution in [0.1, 0.15) is 24.4 Å². The summed E-state index contributed by atoms with van der Waals surface area (Å²) in [5.74, 6) is 0.595. The van der Waals surface area contributed by atoms with Crippen molar-refractivity contribution in [3.8, 4) is 22.8 Å². The van der Waals surface area contributed by atoms with Gasteiger partial charge in [0, 0.05) is 18.7 Å². The molecular formula is C26H22ClF3N6O2. The number of benzene rings is 2. The number of carbonyl (C=O) groups excluding carboxylic acids is 1. The number of hydrogen-bond acceptors (Lipinski definition) is 6. The number of aromatic nitrogens is 4. The van der Waals surface area contributed by atoms with E-state index in [1.54, 1.807) is 33.8 Å². The Hall–Kier alpha value is -4.12. The number of ether oxygens (including phenoxy) is 1. The number of alkyl halides is 3. The zero-order chi connectivity index (χ0) is 27.0. The second-order valence-corrected chi connectivity index (χ2v) is 9.21. The molecule has 38 heavy (non-hydrogen) atoms. The fourth-order valence-corrected chi connectivity index (χ4v) is 4.72. The molecule has 0 saturated carbocycles. The van der Waals surface area contributed by atoms with Gasteiger partial charge >= 0.3 is 6.18 Å². The minimum atomic E-state index is -4.50. The number of carbonyl (C=O) groups is 1. The highest BCUT2D eigenvalue weighted by Gasteiger charge is 2.31. The number of nitrogens with zero attached hydrogens (tertiary/aromatic N) is 5. The van der Waals surface area contributed by atoms with Crippen molar-refractivity contribution in [2.24, 2.45) is 0 Å². The highest BCUT2D eigenvalue weighted by Crippen LogP contribution is 2.38. The lowest BCUT2D eigenvalue weighted by Gasteiger charge is -2.32. The van der Waals surface area contributed by atoms with Gasteiger partial charge in [0.1, 0.15) is 29.3 Å². The van der Waals surface area contributed by atoms with Crippen molar-refractivity contribution in [3.63, 3.8) is 0 Å². The van der Waals surface area contributed by atoms with Gasteiger partial charge in [-0.05, 0) is 61.4 Å². The van der Waals surface area contributed by atoms with Gasteiger partial charge in [0.05, 0.1) is 22.0 Å². The van der Waals surface area contributed by atoms with E-state index in [1.807, 2.05) is 0 Å². The van der Waals surface area contributed by atoms with Crippen LogP contribution in [0.2, 0.25) is 5.02 Å². The molecule has 1 aliphatic rings. The standard InChI is InChI=1S/C26H22ClF3N6O2/c1-2-21(37)35-11-3-4-17(13-35)36-25-22(24(31)32-14-33-25)23(34-36)15-5-8-18(9-6-15)38-20-10-7-16(12-19(20)27)26(28,29)30/h2,5-10,12,14,17H,1,3-4,11,13H2,(H2,31,32,33)/t17-/m1/s1. The van der Waals surface area contributed by atoms with Gasteiger partial charge in [-0.15, -0.1) is 0 Å². The van der Waals surface area contributed by atoms with Gasteiger partial charge in [-0.25, -0.2) is 14.6 Å². The number of halogens is 4. The third kappa shape index (κ3) is 4.89. The lowest BCUT2D eigenvalue weighted by molar-refractivity contribution is -0.137. The molecule has 2 aromatic carbocycles. The van der Waals surface area contributed by atoms with Gasteiger partial charge in [-0.3, -0.25) is 4.79 Å². The summed E-state index contributed by atoms with van der Waals surface area (Å²) in [6.07, 6.45) is -0.211. The van der Waals surface area contributed by atoms with Crippen LogP contribution in [0.15, 0.2) is 61.4 Å². The van der Waals surface area contributed by atoms with Crippen molar-refractivity contribution in [2.45, 2.75) is 25.1 Å². The van der Waals surface area contributed by atoms with Crippen molar-refractivity contribution in [1.29, 1.82) is 0 Å². The smallest absolute Gasteiger partial charge is 0.416 e. The molecule has 5 rings (SSSR count). The molecule has 196 valence electrons. The lowest BCUT2D eigenvalue weighted by atomic mass is 10.1. The number of piperidine rings is 1. The summed E-state index contributed by atoms with van der Waals surface area (Å²) in [5.41, 5.74) is 7.19. The Labute approximate surface area is 220 Å². The van der Waals surface area contributed by atoms with Crippen molar-refractivity contribution in [2.75, 3.05) is 18.8 Å². The summed E-state index contributed by atoms with van der Waals surface area (Å²) in [5, 5.41) is 5.25. The van der Waals surface area contributed by atoms with E-state index < -0.39 is 11.7 Å². The molecule has 12 heteroatoms. The van der Waals surface area contributed by atoms with Crippen molar-refractivity contribution in [1.82, 2.24) is 24.6 Å². The molecule has 1 fully saturated rings. The number of anilines is 1. The highest BCUT2D eigenvalue weighted by atomic mass is 35.5. The Morgan fingerprint density at radius 2 is 1.95 bits per heavy atom. The van der Waals surface area contributed by atoms with E-state index in [9.17, 15) is 18.0 Å². The molecule has 1 aliphatic heterocycles. The molecule has 0 unspecified atom stereocenters. The monoisotopic (exact) mass is 542 g/mol. The van der Waals surface area contributed by atoms with Gasteiger partial charge in [0.25, 0.3) is 0 Å². The van der Waals surface area contributed by atoms with Crippen LogP contribution in [-0.2, 0) is 11.0 Å². The quantitative estimate of drug-likeness (QED) is 0.316. The number of fused-ring (bicyclic) bond motifs is 1. The Morgan fingerprint density at radius 3 is 2.63 bits per heavy atom. The van der Waals surface area contributed by atoms with Crippen LogP contribution < -0.4 is 10.5 Å². The van der Waals surface area contributed by atoms with Crippen LogP contribution in [-0.4, -0.2) is 43.6 Å². The average Bonchev–Trinajstić information content (AvgIpc) is 3.30. The van der Waals surface area contributed by atoms with Crippen LogP contribution in [0.4, 0.5) is 19.0 Å². The molecule has 0 aliphatic carbocycles. The molecule has 4 aromatic rings. The molecule has 3 heterocycles. The first-order valence-electron chi connectivity index (χ1n) is 11.7.